The molecule has 1 unspecified atom stereocenters. The first-order valence-electron chi connectivity index (χ1n) is 5.32. The fourth-order valence-corrected chi connectivity index (χ4v) is 2.01. The quantitative estimate of drug-likeness (QED) is 0.523. The van der Waals surface area contributed by atoms with Crippen LogP contribution in [-0.4, -0.2) is 56.2 Å². The minimum Gasteiger partial charge on any atom is -0.383 e. The molecular formula is C10H20Cl2N2O. The molecule has 0 radical (unpaired) electrons. The largest absolute Gasteiger partial charge is 0.383 e. The highest BCUT2D eigenvalue weighted by Gasteiger charge is 2.51. The van der Waals surface area contributed by atoms with E-state index in [0.717, 1.165) is 39.2 Å². The maximum Gasteiger partial charge on any atom is 0.122 e. The summed E-state index contributed by atoms with van der Waals surface area (Å²) in [6.45, 7) is 4.65. The molecule has 0 amide bonds. The molecule has 0 saturated heterocycles. The third kappa shape index (κ3) is 5.36. The maximum atomic E-state index is 5.96. The van der Waals surface area contributed by atoms with Crippen molar-refractivity contribution in [3.05, 3.63) is 0 Å². The normalized spacial score (nSPS) is 23.4. The second-order valence-electron chi connectivity index (χ2n) is 4.17. The summed E-state index contributed by atoms with van der Waals surface area (Å²) in [5.74, 6) is 0.449. The molecule has 3 nitrogen and oxygen atoms in total. The summed E-state index contributed by atoms with van der Waals surface area (Å²) in [4.78, 5) is 2.26. The van der Waals surface area contributed by atoms with Crippen molar-refractivity contribution >= 4 is 23.2 Å². The molecular weight excluding hydrogens is 235 g/mol. The van der Waals surface area contributed by atoms with E-state index in [0.29, 0.717) is 5.92 Å². The van der Waals surface area contributed by atoms with E-state index in [1.165, 1.54) is 0 Å². The summed E-state index contributed by atoms with van der Waals surface area (Å²) >= 11 is 11.9. The molecule has 0 aliphatic heterocycles. The Morgan fingerprint density at radius 3 is 2.67 bits per heavy atom. The van der Waals surface area contributed by atoms with Gasteiger partial charge in [-0.05, 0) is 13.5 Å². The number of nitrogens with one attached hydrogen (secondary N) is 1. The van der Waals surface area contributed by atoms with Crippen LogP contribution in [0.2, 0.25) is 0 Å². The average Bonchev–Trinajstić information content (AvgIpc) is 2.73. The fourth-order valence-electron chi connectivity index (χ4n) is 1.50. The molecule has 0 aromatic carbocycles. The van der Waals surface area contributed by atoms with Gasteiger partial charge in [0.15, 0.2) is 0 Å². The molecule has 0 heterocycles. The maximum absolute atomic E-state index is 5.96. The van der Waals surface area contributed by atoms with Gasteiger partial charge in [-0.25, -0.2) is 0 Å². The highest BCUT2D eigenvalue weighted by Crippen LogP contribution is 2.53. The number of hydrogen-bond donors (Lipinski definition) is 1. The molecule has 1 N–H and O–H groups in total. The van der Waals surface area contributed by atoms with Crippen LogP contribution >= 0.6 is 23.2 Å². The topological polar surface area (TPSA) is 24.5 Å². The summed E-state index contributed by atoms with van der Waals surface area (Å²) in [5, 5.41) is 3.30. The van der Waals surface area contributed by atoms with Gasteiger partial charge in [0.2, 0.25) is 0 Å². The highest BCUT2D eigenvalue weighted by atomic mass is 35.5. The van der Waals surface area contributed by atoms with Crippen molar-refractivity contribution in [2.45, 2.75) is 10.8 Å². The average molecular weight is 255 g/mol. The van der Waals surface area contributed by atoms with Crippen molar-refractivity contribution in [1.82, 2.24) is 10.2 Å². The Bertz CT molecular complexity index is 190. The molecule has 1 rings (SSSR count). The second kappa shape index (κ2) is 6.26. The van der Waals surface area contributed by atoms with E-state index in [1.807, 2.05) is 0 Å². The van der Waals surface area contributed by atoms with Gasteiger partial charge in [-0.3, -0.25) is 0 Å². The van der Waals surface area contributed by atoms with Crippen LogP contribution in [0.3, 0.4) is 0 Å². The van der Waals surface area contributed by atoms with Crippen molar-refractivity contribution in [1.29, 1.82) is 0 Å². The highest BCUT2D eigenvalue weighted by molar-refractivity contribution is 6.50. The lowest BCUT2D eigenvalue weighted by molar-refractivity contribution is 0.197. The Labute approximate surface area is 102 Å². The number of hydrogen-bond acceptors (Lipinski definition) is 3. The van der Waals surface area contributed by atoms with Gasteiger partial charge in [-0.15, -0.1) is 23.2 Å². The number of alkyl halides is 2. The summed E-state index contributed by atoms with van der Waals surface area (Å²) in [5.41, 5.74) is 0. The molecule has 0 bridgehead atoms. The van der Waals surface area contributed by atoms with Crippen molar-refractivity contribution in [2.75, 3.05) is 46.9 Å². The van der Waals surface area contributed by atoms with E-state index in [4.69, 9.17) is 27.9 Å². The molecule has 90 valence electrons. The minimum atomic E-state index is -0.447. The lowest BCUT2D eigenvalue weighted by Gasteiger charge is -2.16. The zero-order valence-electron chi connectivity index (χ0n) is 9.43. The van der Waals surface area contributed by atoms with E-state index in [9.17, 15) is 0 Å². The van der Waals surface area contributed by atoms with Crippen molar-refractivity contribution < 1.29 is 4.74 Å². The SMILES string of the molecule is COCCNCCN(C)CC1CC1(Cl)Cl. The van der Waals surface area contributed by atoms with Crippen LogP contribution in [0.1, 0.15) is 6.42 Å². The van der Waals surface area contributed by atoms with Crippen LogP contribution in [0, 0.1) is 5.92 Å². The summed E-state index contributed by atoms with van der Waals surface area (Å²) in [6.07, 6.45) is 0.928. The molecule has 1 atom stereocenters. The van der Waals surface area contributed by atoms with E-state index >= 15 is 0 Å². The standard InChI is InChI=1S/C10H20Cl2N2O/c1-14(5-3-13-4-6-15-2)8-9-7-10(9,11)12/h9,13H,3-8H2,1-2H3. The predicted octanol–water partition coefficient (Wildman–Crippen LogP) is 1.35. The minimum absolute atomic E-state index is 0.447. The van der Waals surface area contributed by atoms with Gasteiger partial charge in [0.1, 0.15) is 4.33 Å². The number of ether oxygens (including phenoxy) is 1. The molecule has 1 saturated carbocycles. The molecule has 1 aliphatic rings. The summed E-state index contributed by atoms with van der Waals surface area (Å²) in [7, 11) is 3.81. The third-order valence-corrected chi connectivity index (χ3v) is 3.57. The first-order valence-corrected chi connectivity index (χ1v) is 6.08. The van der Waals surface area contributed by atoms with Crippen LogP contribution in [0.5, 0.6) is 0 Å². The number of methoxy groups -OCH3 is 1. The van der Waals surface area contributed by atoms with Crippen LogP contribution < -0.4 is 5.32 Å². The first-order chi connectivity index (χ1) is 7.06. The van der Waals surface area contributed by atoms with E-state index in [1.54, 1.807) is 7.11 Å². The lowest BCUT2D eigenvalue weighted by atomic mass is 10.4. The summed E-state index contributed by atoms with van der Waals surface area (Å²) < 4.78 is 4.49. The molecule has 1 fully saturated rings. The number of nitrogens with zero attached hydrogens (tertiary/aromatic N) is 1. The second-order valence-corrected chi connectivity index (χ2v) is 5.71. The van der Waals surface area contributed by atoms with Crippen LogP contribution in [-0.2, 0) is 4.74 Å². The van der Waals surface area contributed by atoms with Crippen molar-refractivity contribution in [3.8, 4) is 0 Å². The Morgan fingerprint density at radius 2 is 2.13 bits per heavy atom. The van der Waals surface area contributed by atoms with Gasteiger partial charge < -0.3 is 15.0 Å². The van der Waals surface area contributed by atoms with Gasteiger partial charge in [-0.2, -0.15) is 0 Å². The predicted molar refractivity (Wildman–Crippen MR) is 64.8 cm³/mol. The van der Waals surface area contributed by atoms with Gasteiger partial charge >= 0.3 is 0 Å². The zero-order chi connectivity index (χ0) is 11.3. The fraction of sp³-hybridized carbons (Fsp3) is 1.00. The molecule has 0 aromatic heterocycles. The van der Waals surface area contributed by atoms with Crippen molar-refractivity contribution in [2.24, 2.45) is 5.92 Å². The molecule has 5 heteroatoms. The van der Waals surface area contributed by atoms with Gasteiger partial charge in [0.05, 0.1) is 6.61 Å². The molecule has 1 aliphatic carbocycles. The number of likely N-dealkylation sites (N-methyl/N-ethyl adjacent to an activating group) is 1. The summed E-state index contributed by atoms with van der Waals surface area (Å²) in [6, 6.07) is 0. The van der Waals surface area contributed by atoms with Crippen molar-refractivity contribution in [3.63, 3.8) is 0 Å². The Kier molecular flexibility index (Phi) is 5.64. The first kappa shape index (κ1) is 13.5. The smallest absolute Gasteiger partial charge is 0.122 e. The van der Waals surface area contributed by atoms with Gasteiger partial charge in [0.25, 0.3) is 0 Å². The molecule has 0 aromatic rings. The molecule has 0 spiro atoms. The van der Waals surface area contributed by atoms with Crippen LogP contribution in [0.4, 0.5) is 0 Å². The molecule has 15 heavy (non-hydrogen) atoms. The third-order valence-electron chi connectivity index (χ3n) is 2.64. The van der Waals surface area contributed by atoms with E-state index < -0.39 is 4.33 Å². The van der Waals surface area contributed by atoms with Crippen LogP contribution in [0.25, 0.3) is 0 Å². The Hall–Kier alpha value is 0.460. The van der Waals surface area contributed by atoms with E-state index in [2.05, 4.69) is 17.3 Å². The van der Waals surface area contributed by atoms with E-state index in [-0.39, 0.29) is 0 Å². The Balaban J connectivity index is 1.93. The van der Waals surface area contributed by atoms with Gasteiger partial charge in [-0.1, -0.05) is 0 Å². The Morgan fingerprint density at radius 1 is 1.47 bits per heavy atom. The number of rotatable bonds is 8. The number of halogens is 2. The van der Waals surface area contributed by atoms with Crippen LogP contribution in [0.15, 0.2) is 0 Å². The van der Waals surface area contributed by atoms with Gasteiger partial charge in [0, 0.05) is 39.2 Å². The zero-order valence-corrected chi connectivity index (χ0v) is 10.9. The monoisotopic (exact) mass is 254 g/mol. The lowest BCUT2D eigenvalue weighted by Crippen LogP contribution is -2.32.